The quantitative estimate of drug-likeness (QED) is 0.769. The summed E-state index contributed by atoms with van der Waals surface area (Å²) in [5, 5.41) is 16.1. The predicted octanol–water partition coefficient (Wildman–Crippen LogP) is 0.782. The van der Waals surface area contributed by atoms with Crippen LogP contribution in [0.15, 0.2) is 22.8 Å². The molecule has 2 aromatic rings. The summed E-state index contributed by atoms with van der Waals surface area (Å²) in [6.45, 7) is 4.39. The standard InChI is InChI=1S/C16H17N3O5/c20-19-16(10-1-2-14-15(3-10)23-9-22-14)13(17-24-19)6-18-4-11-7-21-8-12(11)5-18/h1-3,11-12H,4-9H2/t11-,12+. The maximum Gasteiger partial charge on any atom is 0.240 e. The third-order valence-electron chi connectivity index (χ3n) is 5.02. The van der Waals surface area contributed by atoms with E-state index in [1.807, 2.05) is 6.07 Å². The first kappa shape index (κ1) is 14.1. The lowest BCUT2D eigenvalue weighted by molar-refractivity contribution is -0.793. The van der Waals surface area contributed by atoms with Crippen molar-refractivity contribution in [1.82, 2.24) is 10.1 Å². The molecule has 5 rings (SSSR count). The van der Waals surface area contributed by atoms with Gasteiger partial charge in [0.1, 0.15) is 0 Å². The van der Waals surface area contributed by atoms with Gasteiger partial charge in [0.05, 0.1) is 19.8 Å². The Labute approximate surface area is 138 Å². The monoisotopic (exact) mass is 331 g/mol. The Kier molecular flexibility index (Phi) is 3.14. The van der Waals surface area contributed by atoms with Gasteiger partial charge in [-0.15, -0.1) is 0 Å². The number of nitrogens with zero attached hydrogens (tertiary/aromatic N) is 3. The summed E-state index contributed by atoms with van der Waals surface area (Å²) in [7, 11) is 0. The highest BCUT2D eigenvalue weighted by Gasteiger charge is 2.38. The average molecular weight is 331 g/mol. The molecule has 4 heterocycles. The first-order valence-corrected chi connectivity index (χ1v) is 8.06. The fourth-order valence-electron chi connectivity index (χ4n) is 3.82. The first-order valence-electron chi connectivity index (χ1n) is 8.06. The number of aromatic nitrogens is 2. The number of likely N-dealkylation sites (tertiary alicyclic amines) is 1. The van der Waals surface area contributed by atoms with E-state index in [0.717, 1.165) is 26.3 Å². The van der Waals surface area contributed by atoms with Crippen molar-refractivity contribution in [1.29, 1.82) is 0 Å². The molecule has 3 aliphatic rings. The van der Waals surface area contributed by atoms with Gasteiger partial charge in [-0.3, -0.25) is 9.53 Å². The summed E-state index contributed by atoms with van der Waals surface area (Å²) >= 11 is 0. The van der Waals surface area contributed by atoms with Crippen LogP contribution in [0.1, 0.15) is 5.69 Å². The van der Waals surface area contributed by atoms with E-state index in [1.165, 1.54) is 0 Å². The Morgan fingerprint density at radius 3 is 2.79 bits per heavy atom. The smallest absolute Gasteiger partial charge is 0.240 e. The number of ether oxygens (including phenoxy) is 3. The van der Waals surface area contributed by atoms with Gasteiger partial charge >= 0.3 is 0 Å². The summed E-state index contributed by atoms with van der Waals surface area (Å²) in [5.41, 5.74) is 1.79. The molecular formula is C16H17N3O5. The van der Waals surface area contributed by atoms with E-state index in [1.54, 1.807) is 12.1 Å². The van der Waals surface area contributed by atoms with Crippen LogP contribution in [0, 0.1) is 17.0 Å². The molecule has 2 atom stereocenters. The van der Waals surface area contributed by atoms with Crippen LogP contribution in [0.5, 0.6) is 11.5 Å². The van der Waals surface area contributed by atoms with Gasteiger partial charge in [0.2, 0.25) is 18.2 Å². The van der Waals surface area contributed by atoms with E-state index in [-0.39, 0.29) is 6.79 Å². The lowest BCUT2D eigenvalue weighted by Gasteiger charge is -2.13. The summed E-state index contributed by atoms with van der Waals surface area (Å²) < 4.78 is 21.1. The molecule has 0 saturated carbocycles. The average Bonchev–Trinajstić information content (AvgIpc) is 3.31. The van der Waals surface area contributed by atoms with Crippen molar-refractivity contribution in [2.75, 3.05) is 33.1 Å². The third kappa shape index (κ3) is 2.22. The molecule has 0 aliphatic carbocycles. The molecule has 126 valence electrons. The molecule has 2 fully saturated rings. The Bertz CT molecular complexity index is 765. The molecule has 2 saturated heterocycles. The molecule has 8 nitrogen and oxygen atoms in total. The van der Waals surface area contributed by atoms with Crippen molar-refractivity contribution < 1.29 is 23.7 Å². The van der Waals surface area contributed by atoms with Crippen LogP contribution in [0.3, 0.4) is 0 Å². The second kappa shape index (κ2) is 5.35. The zero-order valence-electron chi connectivity index (χ0n) is 13.0. The van der Waals surface area contributed by atoms with Crippen LogP contribution in [-0.4, -0.2) is 43.2 Å². The SMILES string of the molecule is [O-][n+]1onc(CN2C[C@H]3COC[C@H]3C2)c1-c1ccc2c(c1)OCO2. The van der Waals surface area contributed by atoms with Gasteiger partial charge in [-0.1, -0.05) is 0 Å². The summed E-state index contributed by atoms with van der Waals surface area (Å²) in [5.74, 6) is 2.49. The van der Waals surface area contributed by atoms with E-state index in [9.17, 15) is 5.21 Å². The number of fused-ring (bicyclic) bond motifs is 2. The maximum atomic E-state index is 12.1. The van der Waals surface area contributed by atoms with Crippen LogP contribution >= 0.6 is 0 Å². The fraction of sp³-hybridized carbons (Fsp3) is 0.500. The van der Waals surface area contributed by atoms with Crippen LogP contribution in [0.4, 0.5) is 0 Å². The molecule has 24 heavy (non-hydrogen) atoms. The van der Waals surface area contributed by atoms with E-state index >= 15 is 0 Å². The van der Waals surface area contributed by atoms with Gasteiger partial charge in [0, 0.05) is 35.6 Å². The van der Waals surface area contributed by atoms with Crippen molar-refractivity contribution in [3.63, 3.8) is 0 Å². The van der Waals surface area contributed by atoms with Crippen molar-refractivity contribution in [2.24, 2.45) is 11.8 Å². The van der Waals surface area contributed by atoms with Gasteiger partial charge in [0.15, 0.2) is 11.5 Å². The lowest BCUT2D eigenvalue weighted by atomic mass is 10.0. The van der Waals surface area contributed by atoms with Gasteiger partial charge in [-0.05, 0) is 23.1 Å². The molecule has 0 amide bonds. The van der Waals surface area contributed by atoms with Gasteiger partial charge in [-0.2, -0.15) is 0 Å². The van der Waals surface area contributed by atoms with Crippen molar-refractivity contribution in [2.45, 2.75) is 6.54 Å². The van der Waals surface area contributed by atoms with Crippen LogP contribution in [0.25, 0.3) is 11.3 Å². The number of rotatable bonds is 3. The molecular weight excluding hydrogens is 314 g/mol. The highest BCUT2D eigenvalue weighted by atomic mass is 16.8. The Balaban J connectivity index is 1.42. The Morgan fingerprint density at radius 1 is 1.17 bits per heavy atom. The second-order valence-electron chi connectivity index (χ2n) is 6.55. The summed E-state index contributed by atoms with van der Waals surface area (Å²) in [6.07, 6.45) is 0. The summed E-state index contributed by atoms with van der Waals surface area (Å²) in [6, 6.07) is 5.41. The Hall–Kier alpha value is -2.32. The minimum absolute atomic E-state index is 0.200. The van der Waals surface area contributed by atoms with E-state index in [0.29, 0.717) is 51.7 Å². The van der Waals surface area contributed by atoms with Crippen molar-refractivity contribution in [3.05, 3.63) is 29.1 Å². The fourth-order valence-corrected chi connectivity index (χ4v) is 3.82. The number of hydrogen-bond donors (Lipinski definition) is 0. The second-order valence-corrected chi connectivity index (χ2v) is 6.55. The molecule has 0 radical (unpaired) electrons. The highest BCUT2D eigenvalue weighted by Crippen LogP contribution is 2.36. The minimum atomic E-state index is 0.200. The van der Waals surface area contributed by atoms with E-state index < -0.39 is 0 Å². The highest BCUT2D eigenvalue weighted by molar-refractivity contribution is 5.64. The van der Waals surface area contributed by atoms with Crippen molar-refractivity contribution in [3.8, 4) is 22.8 Å². The molecule has 3 aliphatic heterocycles. The normalized spacial score (nSPS) is 25.3. The lowest BCUT2D eigenvalue weighted by Crippen LogP contribution is -2.27. The number of benzene rings is 1. The van der Waals surface area contributed by atoms with E-state index in [4.69, 9.17) is 18.8 Å². The third-order valence-corrected chi connectivity index (χ3v) is 5.02. The van der Waals surface area contributed by atoms with Gasteiger partial charge in [-0.25, -0.2) is 0 Å². The first-order chi connectivity index (χ1) is 11.8. The van der Waals surface area contributed by atoms with Crippen LogP contribution in [-0.2, 0) is 11.3 Å². The minimum Gasteiger partial charge on any atom is -0.454 e. The zero-order chi connectivity index (χ0) is 16.1. The zero-order valence-corrected chi connectivity index (χ0v) is 13.0. The molecule has 1 aromatic heterocycles. The summed E-state index contributed by atoms with van der Waals surface area (Å²) in [4.78, 5) is 2.78. The molecule has 1 aromatic carbocycles. The topological polar surface area (TPSA) is 83.9 Å². The molecule has 0 unspecified atom stereocenters. The molecule has 8 heteroatoms. The van der Waals surface area contributed by atoms with Crippen molar-refractivity contribution >= 4 is 0 Å². The molecule has 0 spiro atoms. The largest absolute Gasteiger partial charge is 0.454 e. The van der Waals surface area contributed by atoms with E-state index in [2.05, 4.69) is 10.1 Å². The predicted molar refractivity (Wildman–Crippen MR) is 80.1 cm³/mol. The van der Waals surface area contributed by atoms with Gasteiger partial charge in [0.25, 0.3) is 0 Å². The van der Waals surface area contributed by atoms with Gasteiger partial charge < -0.3 is 19.4 Å². The molecule has 0 bridgehead atoms. The number of hydrogen-bond acceptors (Lipinski definition) is 7. The van der Waals surface area contributed by atoms with Crippen LogP contribution in [0.2, 0.25) is 0 Å². The Morgan fingerprint density at radius 2 is 1.96 bits per heavy atom. The maximum absolute atomic E-state index is 12.1. The van der Waals surface area contributed by atoms with Crippen LogP contribution < -0.4 is 14.4 Å². The molecule has 0 N–H and O–H groups in total.